The van der Waals surface area contributed by atoms with Crippen molar-refractivity contribution in [3.63, 3.8) is 0 Å². The first-order valence-electron chi connectivity index (χ1n) is 10.4. The summed E-state index contributed by atoms with van der Waals surface area (Å²) in [5.41, 5.74) is 4.95. The Hall–Kier alpha value is -2.77. The lowest BCUT2D eigenvalue weighted by Crippen LogP contribution is -2.49. The summed E-state index contributed by atoms with van der Waals surface area (Å²) in [6.45, 7) is 8.08. The van der Waals surface area contributed by atoms with Crippen molar-refractivity contribution in [3.05, 3.63) is 59.7 Å². The fourth-order valence-electron chi connectivity index (χ4n) is 3.51. The van der Waals surface area contributed by atoms with Crippen LogP contribution in [0.5, 0.6) is 0 Å². The predicted molar refractivity (Wildman–Crippen MR) is 124 cm³/mol. The van der Waals surface area contributed by atoms with Crippen molar-refractivity contribution in [3.8, 4) is 0 Å². The molecule has 0 aromatic heterocycles. The number of rotatable bonds is 6. The van der Waals surface area contributed by atoms with Gasteiger partial charge in [0.25, 0.3) is 0 Å². The van der Waals surface area contributed by atoms with Gasteiger partial charge in [0.2, 0.25) is 11.8 Å². The van der Waals surface area contributed by atoms with Crippen LogP contribution in [0.15, 0.2) is 58.3 Å². The molecular weight excluding hydrogens is 410 g/mol. The van der Waals surface area contributed by atoms with Crippen LogP contribution in [0.2, 0.25) is 0 Å². The molecule has 0 bridgehead atoms. The number of amides is 2. The zero-order valence-corrected chi connectivity index (χ0v) is 19.0. The molecule has 0 unspecified atom stereocenters. The summed E-state index contributed by atoms with van der Waals surface area (Å²) in [6.07, 6.45) is 3.29. The maximum absolute atomic E-state index is 12.5. The van der Waals surface area contributed by atoms with E-state index in [4.69, 9.17) is 0 Å². The monoisotopic (exact) mass is 439 g/mol. The van der Waals surface area contributed by atoms with Gasteiger partial charge in [-0.05, 0) is 41.3 Å². The van der Waals surface area contributed by atoms with E-state index < -0.39 is 0 Å². The van der Waals surface area contributed by atoms with Gasteiger partial charge in [-0.25, -0.2) is 0 Å². The van der Waals surface area contributed by atoms with Crippen LogP contribution in [-0.2, 0) is 9.59 Å². The molecular formula is C24H29N3O3S. The highest BCUT2D eigenvalue weighted by Crippen LogP contribution is 2.38. The zero-order chi connectivity index (χ0) is 22.4. The molecule has 0 aliphatic carbocycles. The van der Waals surface area contributed by atoms with E-state index in [-0.39, 0.29) is 11.8 Å². The number of hydrogen-bond acceptors (Lipinski definition) is 5. The van der Waals surface area contributed by atoms with Gasteiger partial charge in [-0.15, -0.1) is 0 Å². The minimum atomic E-state index is -0.0778. The lowest BCUT2D eigenvalue weighted by atomic mass is 10.0. The van der Waals surface area contributed by atoms with Gasteiger partial charge in [0.05, 0.1) is 5.69 Å². The molecule has 0 saturated carbocycles. The van der Waals surface area contributed by atoms with Crippen LogP contribution in [0, 0.1) is 0 Å². The zero-order valence-electron chi connectivity index (χ0n) is 18.2. The van der Waals surface area contributed by atoms with Crippen molar-refractivity contribution < 1.29 is 14.8 Å². The molecule has 7 heteroatoms. The average molecular weight is 440 g/mol. The van der Waals surface area contributed by atoms with Crippen molar-refractivity contribution in [2.45, 2.75) is 36.5 Å². The van der Waals surface area contributed by atoms with E-state index in [1.807, 2.05) is 30.3 Å². The standard InChI is InChI=1S/C24H29N3O3S/c1-17(2)20-6-4-5-7-22(20)31-23-10-8-19(16-21(23)25-30)9-11-24(29)27-14-12-26(13-15-27)18(3)28/h4-11,16-17,25,30H,12-15H2,1-3H3/b11-9+. The first kappa shape index (κ1) is 22.9. The van der Waals surface area contributed by atoms with Gasteiger partial charge in [-0.2, -0.15) is 0 Å². The molecule has 6 nitrogen and oxygen atoms in total. The Labute approximate surface area is 187 Å². The maximum atomic E-state index is 12.5. The van der Waals surface area contributed by atoms with E-state index in [0.717, 1.165) is 15.4 Å². The molecule has 1 fully saturated rings. The van der Waals surface area contributed by atoms with Crippen molar-refractivity contribution in [2.75, 3.05) is 31.7 Å². The number of anilines is 1. The van der Waals surface area contributed by atoms with Gasteiger partial charge in [-0.3, -0.25) is 20.3 Å². The molecule has 1 saturated heterocycles. The van der Waals surface area contributed by atoms with Gasteiger partial charge >= 0.3 is 0 Å². The largest absolute Gasteiger partial charge is 0.339 e. The Morgan fingerprint density at radius 2 is 1.71 bits per heavy atom. The van der Waals surface area contributed by atoms with Gasteiger partial charge in [0, 0.05) is 49.0 Å². The summed E-state index contributed by atoms with van der Waals surface area (Å²) in [7, 11) is 0. The molecule has 31 heavy (non-hydrogen) atoms. The highest BCUT2D eigenvalue weighted by molar-refractivity contribution is 7.99. The molecule has 0 atom stereocenters. The SMILES string of the molecule is CC(=O)N1CCN(C(=O)/C=C/c2ccc(Sc3ccccc3C(C)C)c(NO)c2)CC1. The summed E-state index contributed by atoms with van der Waals surface area (Å²) in [5, 5.41) is 9.66. The Morgan fingerprint density at radius 3 is 2.35 bits per heavy atom. The fraction of sp³-hybridized carbons (Fsp3) is 0.333. The van der Waals surface area contributed by atoms with E-state index in [2.05, 4.69) is 31.5 Å². The molecule has 164 valence electrons. The van der Waals surface area contributed by atoms with Crippen LogP contribution in [0.4, 0.5) is 5.69 Å². The molecule has 1 aliphatic heterocycles. The predicted octanol–water partition coefficient (Wildman–Crippen LogP) is 4.47. The quantitative estimate of drug-likeness (QED) is 0.513. The number of carbonyl (C=O) groups is 2. The van der Waals surface area contributed by atoms with Crippen molar-refractivity contribution in [1.82, 2.24) is 9.80 Å². The van der Waals surface area contributed by atoms with Gasteiger partial charge in [-0.1, -0.05) is 49.9 Å². The summed E-state index contributed by atoms with van der Waals surface area (Å²) in [6, 6.07) is 13.9. The van der Waals surface area contributed by atoms with Crippen LogP contribution >= 0.6 is 11.8 Å². The van der Waals surface area contributed by atoms with E-state index in [1.165, 1.54) is 5.56 Å². The van der Waals surface area contributed by atoms with Crippen LogP contribution < -0.4 is 5.48 Å². The number of nitrogens with zero attached hydrogens (tertiary/aromatic N) is 2. The lowest BCUT2D eigenvalue weighted by Gasteiger charge is -2.33. The Morgan fingerprint density at radius 1 is 1.03 bits per heavy atom. The Balaban J connectivity index is 1.69. The Kier molecular flexibility index (Phi) is 7.76. The maximum Gasteiger partial charge on any atom is 0.246 e. The minimum absolute atomic E-state index is 0.0423. The number of carbonyl (C=O) groups excluding carboxylic acids is 2. The molecule has 2 aromatic carbocycles. The number of piperazine rings is 1. The van der Waals surface area contributed by atoms with Gasteiger partial charge < -0.3 is 9.80 Å². The number of hydrogen-bond donors (Lipinski definition) is 2. The van der Waals surface area contributed by atoms with Crippen molar-refractivity contribution in [1.29, 1.82) is 0 Å². The second kappa shape index (κ2) is 10.5. The Bertz CT molecular complexity index is 966. The first-order valence-corrected chi connectivity index (χ1v) is 11.2. The van der Waals surface area contributed by atoms with Gasteiger partial charge in [0.1, 0.15) is 0 Å². The van der Waals surface area contributed by atoms with Crippen LogP contribution in [-0.4, -0.2) is 53.0 Å². The third-order valence-electron chi connectivity index (χ3n) is 5.34. The second-order valence-electron chi connectivity index (χ2n) is 7.83. The van der Waals surface area contributed by atoms with Crippen molar-refractivity contribution >= 4 is 35.3 Å². The fourth-order valence-corrected chi connectivity index (χ4v) is 4.67. The highest BCUT2D eigenvalue weighted by Gasteiger charge is 2.20. The van der Waals surface area contributed by atoms with Crippen LogP contribution in [0.25, 0.3) is 6.08 Å². The van der Waals surface area contributed by atoms with E-state index >= 15 is 0 Å². The lowest BCUT2D eigenvalue weighted by molar-refractivity contribution is -0.135. The first-order chi connectivity index (χ1) is 14.9. The summed E-state index contributed by atoms with van der Waals surface area (Å²) >= 11 is 1.60. The highest BCUT2D eigenvalue weighted by atomic mass is 32.2. The normalized spacial score (nSPS) is 14.4. The molecule has 2 amide bonds. The minimum Gasteiger partial charge on any atom is -0.339 e. The molecule has 2 N–H and O–H groups in total. The molecule has 3 rings (SSSR count). The molecule has 0 radical (unpaired) electrons. The number of nitrogens with one attached hydrogen (secondary N) is 1. The summed E-state index contributed by atoms with van der Waals surface area (Å²) in [4.78, 5) is 29.4. The second-order valence-corrected chi connectivity index (χ2v) is 8.91. The summed E-state index contributed by atoms with van der Waals surface area (Å²) in [5.74, 6) is 0.367. The summed E-state index contributed by atoms with van der Waals surface area (Å²) < 4.78 is 0. The van der Waals surface area contributed by atoms with Gasteiger partial charge in [0.15, 0.2) is 0 Å². The molecule has 1 aliphatic rings. The average Bonchev–Trinajstić information content (AvgIpc) is 2.78. The number of benzene rings is 2. The van der Waals surface area contributed by atoms with Crippen molar-refractivity contribution in [2.24, 2.45) is 0 Å². The molecule has 2 aromatic rings. The van der Waals surface area contributed by atoms with Crippen LogP contribution in [0.1, 0.15) is 37.8 Å². The van der Waals surface area contributed by atoms with Crippen LogP contribution in [0.3, 0.4) is 0 Å². The van der Waals surface area contributed by atoms with E-state index in [1.54, 1.807) is 40.6 Å². The molecule has 1 heterocycles. The third-order valence-corrected chi connectivity index (χ3v) is 6.51. The van der Waals surface area contributed by atoms with E-state index in [0.29, 0.717) is 37.8 Å². The van der Waals surface area contributed by atoms with E-state index in [9.17, 15) is 14.8 Å². The smallest absolute Gasteiger partial charge is 0.246 e. The molecule has 0 spiro atoms. The third kappa shape index (κ3) is 5.89. The topological polar surface area (TPSA) is 72.9 Å².